The molecule has 0 fully saturated rings. The number of hydrogen-bond donors (Lipinski definition) is 1. The molecule has 1 atom stereocenters. The fraction of sp³-hybridized carbons (Fsp3) is 0.167. The standard InChI is InChI=1S/C18H18N2O/c1-13(19-17-9-10-18(21)20(2)12-17)15-8-7-14-5-3-4-6-16(14)11-15/h3-13,19H,1-2H3. The first-order valence-electron chi connectivity index (χ1n) is 7.05. The molecule has 0 bridgehead atoms. The van der Waals surface area contributed by atoms with E-state index < -0.39 is 0 Å². The Hall–Kier alpha value is -2.55. The van der Waals surface area contributed by atoms with Crippen LogP contribution >= 0.6 is 0 Å². The molecule has 0 aliphatic rings. The summed E-state index contributed by atoms with van der Waals surface area (Å²) in [4.78, 5) is 11.4. The molecule has 3 heteroatoms. The van der Waals surface area contributed by atoms with Gasteiger partial charge in [0.2, 0.25) is 5.56 Å². The quantitative estimate of drug-likeness (QED) is 0.792. The van der Waals surface area contributed by atoms with Gasteiger partial charge in [0.1, 0.15) is 0 Å². The van der Waals surface area contributed by atoms with Crippen LogP contribution in [0.1, 0.15) is 18.5 Å². The first-order valence-corrected chi connectivity index (χ1v) is 7.05. The number of hydrogen-bond acceptors (Lipinski definition) is 2. The Balaban J connectivity index is 1.87. The van der Waals surface area contributed by atoms with Crippen molar-refractivity contribution in [1.29, 1.82) is 0 Å². The molecule has 0 amide bonds. The molecule has 0 radical (unpaired) electrons. The van der Waals surface area contributed by atoms with Gasteiger partial charge in [0, 0.05) is 25.4 Å². The van der Waals surface area contributed by atoms with Gasteiger partial charge >= 0.3 is 0 Å². The minimum absolute atomic E-state index is 0.00101. The smallest absolute Gasteiger partial charge is 0.250 e. The van der Waals surface area contributed by atoms with Crippen molar-refractivity contribution in [3.63, 3.8) is 0 Å². The predicted octanol–water partition coefficient (Wildman–Crippen LogP) is 3.71. The van der Waals surface area contributed by atoms with Crippen LogP contribution in [0.25, 0.3) is 10.8 Å². The zero-order valence-corrected chi connectivity index (χ0v) is 12.2. The third kappa shape index (κ3) is 2.82. The normalized spacial score (nSPS) is 12.3. The second-order valence-corrected chi connectivity index (χ2v) is 5.34. The zero-order valence-electron chi connectivity index (χ0n) is 12.2. The van der Waals surface area contributed by atoms with E-state index in [0.29, 0.717) is 0 Å². The largest absolute Gasteiger partial charge is 0.377 e. The van der Waals surface area contributed by atoms with Crippen LogP contribution in [-0.4, -0.2) is 4.57 Å². The minimum atomic E-state index is -0.00101. The van der Waals surface area contributed by atoms with E-state index in [4.69, 9.17) is 0 Å². The van der Waals surface area contributed by atoms with E-state index in [2.05, 4.69) is 48.6 Å². The van der Waals surface area contributed by atoms with Gasteiger partial charge in [0.05, 0.1) is 5.69 Å². The Kier molecular flexibility index (Phi) is 3.48. The van der Waals surface area contributed by atoms with Crippen molar-refractivity contribution in [3.8, 4) is 0 Å². The third-order valence-electron chi connectivity index (χ3n) is 3.74. The molecule has 106 valence electrons. The van der Waals surface area contributed by atoms with Gasteiger partial charge in [0.25, 0.3) is 0 Å². The predicted molar refractivity (Wildman–Crippen MR) is 87.7 cm³/mol. The molecule has 0 saturated carbocycles. The lowest BCUT2D eigenvalue weighted by Crippen LogP contribution is -2.16. The molecule has 3 rings (SSSR count). The average molecular weight is 278 g/mol. The van der Waals surface area contributed by atoms with Gasteiger partial charge in [-0.05, 0) is 35.4 Å². The maximum Gasteiger partial charge on any atom is 0.250 e. The Morgan fingerprint density at radius 1 is 1.00 bits per heavy atom. The van der Waals surface area contributed by atoms with E-state index in [1.54, 1.807) is 17.7 Å². The lowest BCUT2D eigenvalue weighted by Gasteiger charge is -2.16. The number of rotatable bonds is 3. The summed E-state index contributed by atoms with van der Waals surface area (Å²) >= 11 is 0. The first kappa shape index (κ1) is 13.4. The maximum absolute atomic E-state index is 11.4. The molecule has 0 aliphatic heterocycles. The van der Waals surface area contributed by atoms with Crippen LogP contribution in [0.3, 0.4) is 0 Å². The molecule has 0 aliphatic carbocycles. The average Bonchev–Trinajstić information content (AvgIpc) is 2.50. The van der Waals surface area contributed by atoms with Crippen LogP contribution in [-0.2, 0) is 7.05 Å². The van der Waals surface area contributed by atoms with Crippen LogP contribution in [0.2, 0.25) is 0 Å². The molecular formula is C18H18N2O. The van der Waals surface area contributed by atoms with Crippen molar-refractivity contribution >= 4 is 16.5 Å². The first-order chi connectivity index (χ1) is 10.1. The van der Waals surface area contributed by atoms with Gasteiger partial charge in [-0.25, -0.2) is 0 Å². The molecule has 1 aromatic heterocycles. The third-order valence-corrected chi connectivity index (χ3v) is 3.74. The number of nitrogens with zero attached hydrogens (tertiary/aromatic N) is 1. The van der Waals surface area contributed by atoms with E-state index >= 15 is 0 Å². The number of anilines is 1. The Morgan fingerprint density at radius 2 is 1.76 bits per heavy atom. The number of fused-ring (bicyclic) bond motifs is 1. The summed E-state index contributed by atoms with van der Waals surface area (Å²) in [6, 6.07) is 18.4. The van der Waals surface area contributed by atoms with Crippen molar-refractivity contribution in [1.82, 2.24) is 4.57 Å². The Labute approximate surface area is 123 Å². The van der Waals surface area contributed by atoms with Gasteiger partial charge < -0.3 is 9.88 Å². The summed E-state index contributed by atoms with van der Waals surface area (Å²) in [7, 11) is 1.76. The Morgan fingerprint density at radius 3 is 2.52 bits per heavy atom. The van der Waals surface area contributed by atoms with Crippen LogP contribution in [0.5, 0.6) is 0 Å². The van der Waals surface area contributed by atoms with E-state index in [1.165, 1.54) is 16.3 Å². The summed E-state index contributed by atoms with van der Waals surface area (Å²) in [5.41, 5.74) is 2.17. The highest BCUT2D eigenvalue weighted by molar-refractivity contribution is 5.83. The van der Waals surface area contributed by atoms with Crippen LogP contribution in [0, 0.1) is 0 Å². The van der Waals surface area contributed by atoms with Gasteiger partial charge in [-0.15, -0.1) is 0 Å². The van der Waals surface area contributed by atoms with Gasteiger partial charge in [0.15, 0.2) is 0 Å². The van der Waals surface area contributed by atoms with E-state index in [9.17, 15) is 4.79 Å². The van der Waals surface area contributed by atoms with Gasteiger partial charge in [-0.1, -0.05) is 36.4 Å². The second kappa shape index (κ2) is 5.44. The zero-order chi connectivity index (χ0) is 14.8. The van der Waals surface area contributed by atoms with Crippen molar-refractivity contribution < 1.29 is 0 Å². The summed E-state index contributed by atoms with van der Waals surface area (Å²) in [6.07, 6.45) is 1.82. The summed E-state index contributed by atoms with van der Waals surface area (Å²) in [5.74, 6) is 0. The number of benzene rings is 2. The van der Waals surface area contributed by atoms with Gasteiger partial charge in [-0.3, -0.25) is 4.79 Å². The highest BCUT2D eigenvalue weighted by Gasteiger charge is 2.06. The van der Waals surface area contributed by atoms with Crippen LogP contribution in [0.15, 0.2) is 65.6 Å². The lowest BCUT2D eigenvalue weighted by molar-refractivity contribution is 0.840. The van der Waals surface area contributed by atoms with Crippen molar-refractivity contribution in [2.75, 3.05) is 5.32 Å². The Bertz CT molecular complexity index is 836. The number of nitrogens with one attached hydrogen (secondary N) is 1. The van der Waals surface area contributed by atoms with E-state index in [-0.39, 0.29) is 11.6 Å². The van der Waals surface area contributed by atoms with Gasteiger partial charge in [-0.2, -0.15) is 0 Å². The number of aryl methyl sites for hydroxylation is 1. The van der Waals surface area contributed by atoms with Crippen LogP contribution in [0.4, 0.5) is 5.69 Å². The molecule has 1 N–H and O–H groups in total. The lowest BCUT2D eigenvalue weighted by atomic mass is 10.0. The summed E-state index contributed by atoms with van der Waals surface area (Å²) < 4.78 is 1.58. The molecule has 2 aromatic carbocycles. The molecule has 3 nitrogen and oxygen atoms in total. The summed E-state index contributed by atoms with van der Waals surface area (Å²) in [5, 5.41) is 5.92. The van der Waals surface area contributed by atoms with E-state index in [0.717, 1.165) is 5.69 Å². The van der Waals surface area contributed by atoms with Crippen molar-refractivity contribution in [2.45, 2.75) is 13.0 Å². The molecule has 0 spiro atoms. The highest BCUT2D eigenvalue weighted by atomic mass is 16.1. The van der Waals surface area contributed by atoms with E-state index in [1.807, 2.05) is 18.3 Å². The fourth-order valence-electron chi connectivity index (χ4n) is 2.49. The number of pyridine rings is 1. The molecule has 3 aromatic rings. The van der Waals surface area contributed by atoms with Crippen molar-refractivity contribution in [3.05, 3.63) is 76.7 Å². The maximum atomic E-state index is 11.4. The topological polar surface area (TPSA) is 34.0 Å². The number of aromatic nitrogens is 1. The highest BCUT2D eigenvalue weighted by Crippen LogP contribution is 2.22. The minimum Gasteiger partial charge on any atom is -0.377 e. The molecular weight excluding hydrogens is 260 g/mol. The second-order valence-electron chi connectivity index (χ2n) is 5.34. The molecule has 1 unspecified atom stereocenters. The van der Waals surface area contributed by atoms with Crippen LogP contribution < -0.4 is 10.9 Å². The van der Waals surface area contributed by atoms with Crippen molar-refractivity contribution in [2.24, 2.45) is 7.05 Å². The SMILES string of the molecule is CC(Nc1ccc(=O)n(C)c1)c1ccc2ccccc2c1. The summed E-state index contributed by atoms with van der Waals surface area (Å²) in [6.45, 7) is 2.12. The molecule has 0 saturated heterocycles. The fourth-order valence-corrected chi connectivity index (χ4v) is 2.49. The monoisotopic (exact) mass is 278 g/mol. The molecule has 21 heavy (non-hydrogen) atoms. The molecule has 1 heterocycles.